The van der Waals surface area contributed by atoms with E-state index in [1.165, 1.54) is 11.3 Å². The molecule has 3 heterocycles. The molecule has 0 radical (unpaired) electrons. The van der Waals surface area contributed by atoms with E-state index in [0.717, 1.165) is 27.4 Å². The molecule has 13 heteroatoms. The molecule has 0 aliphatic heterocycles. The van der Waals surface area contributed by atoms with Crippen LogP contribution in [0.2, 0.25) is 0 Å². The van der Waals surface area contributed by atoms with Gasteiger partial charge in [-0.15, -0.1) is 11.3 Å². The van der Waals surface area contributed by atoms with Gasteiger partial charge in [0.2, 0.25) is 0 Å². The SMILES string of the molecule is COc1ccc(-c2nc(-c3noc4ccc(C(=O)Nc5ccc(C)nc5)cc34)cs2)cc1.O=C(O)C(F)(F)F. The third-order valence-electron chi connectivity index (χ3n) is 5.23. The number of carbonyl (C=O) groups is 2. The topological polar surface area (TPSA) is 127 Å². The molecule has 1 amide bonds. The van der Waals surface area contributed by atoms with Gasteiger partial charge in [-0.25, -0.2) is 9.78 Å². The maximum absolute atomic E-state index is 12.7. The lowest BCUT2D eigenvalue weighted by molar-refractivity contribution is -0.192. The van der Waals surface area contributed by atoms with Gasteiger partial charge in [-0.3, -0.25) is 9.78 Å². The third-order valence-corrected chi connectivity index (χ3v) is 6.12. The van der Waals surface area contributed by atoms with Crippen LogP contribution in [0.25, 0.3) is 32.9 Å². The summed E-state index contributed by atoms with van der Waals surface area (Å²) in [6.45, 7) is 1.89. The Morgan fingerprint density at radius 1 is 1.08 bits per heavy atom. The number of rotatable bonds is 5. The van der Waals surface area contributed by atoms with E-state index in [2.05, 4.69) is 15.5 Å². The number of fused-ring (bicyclic) bond motifs is 1. The first-order valence-corrected chi connectivity index (χ1v) is 12.0. The summed E-state index contributed by atoms with van der Waals surface area (Å²) in [6.07, 6.45) is -3.45. The second kappa shape index (κ2) is 11.3. The smallest absolute Gasteiger partial charge is 0.490 e. The minimum Gasteiger partial charge on any atom is -0.497 e. The number of halogens is 3. The monoisotopic (exact) mass is 556 g/mol. The van der Waals surface area contributed by atoms with Crippen molar-refractivity contribution in [2.24, 2.45) is 0 Å². The van der Waals surface area contributed by atoms with Gasteiger partial charge in [-0.1, -0.05) is 5.16 Å². The summed E-state index contributed by atoms with van der Waals surface area (Å²) in [4.78, 5) is 30.6. The molecule has 0 bridgehead atoms. The zero-order valence-corrected chi connectivity index (χ0v) is 21.1. The van der Waals surface area contributed by atoms with Gasteiger partial charge in [0.1, 0.15) is 22.1 Å². The molecular formula is C26H19F3N4O5S. The van der Waals surface area contributed by atoms with Crippen molar-refractivity contribution in [2.75, 3.05) is 12.4 Å². The second-order valence-electron chi connectivity index (χ2n) is 7.95. The number of nitrogens with zero attached hydrogens (tertiary/aromatic N) is 3. The number of benzene rings is 2. The zero-order valence-electron chi connectivity index (χ0n) is 20.3. The average molecular weight is 557 g/mol. The molecule has 0 aliphatic rings. The van der Waals surface area contributed by atoms with Crippen LogP contribution in [0, 0.1) is 6.92 Å². The Hall–Kier alpha value is -4.78. The van der Waals surface area contributed by atoms with Crippen LogP contribution in [0.4, 0.5) is 18.9 Å². The van der Waals surface area contributed by atoms with E-state index in [4.69, 9.17) is 24.1 Å². The number of amides is 1. The Labute approximate surface area is 222 Å². The minimum absolute atomic E-state index is 0.234. The molecule has 0 saturated carbocycles. The summed E-state index contributed by atoms with van der Waals surface area (Å²) in [5, 5.41) is 17.7. The predicted molar refractivity (Wildman–Crippen MR) is 138 cm³/mol. The van der Waals surface area contributed by atoms with Gasteiger partial charge >= 0.3 is 12.1 Å². The van der Waals surface area contributed by atoms with Crippen molar-refractivity contribution in [1.82, 2.24) is 15.1 Å². The first-order chi connectivity index (χ1) is 18.5. The largest absolute Gasteiger partial charge is 0.497 e. The Bertz CT molecular complexity index is 1610. The molecule has 0 saturated heterocycles. The van der Waals surface area contributed by atoms with Gasteiger partial charge in [0.25, 0.3) is 5.91 Å². The summed E-state index contributed by atoms with van der Waals surface area (Å²) in [6, 6.07) is 16.6. The van der Waals surface area contributed by atoms with Crippen molar-refractivity contribution in [1.29, 1.82) is 0 Å². The fraction of sp³-hybridized carbons (Fsp3) is 0.115. The van der Waals surface area contributed by atoms with Crippen LogP contribution in [0.15, 0.2) is 70.7 Å². The van der Waals surface area contributed by atoms with E-state index in [1.54, 1.807) is 31.5 Å². The number of aryl methyl sites for hydroxylation is 1. The van der Waals surface area contributed by atoms with Gasteiger partial charge < -0.3 is 19.7 Å². The van der Waals surface area contributed by atoms with Gasteiger partial charge in [0.15, 0.2) is 5.58 Å². The molecule has 9 nitrogen and oxygen atoms in total. The summed E-state index contributed by atoms with van der Waals surface area (Å²) < 4.78 is 42.4. The van der Waals surface area contributed by atoms with Crippen molar-refractivity contribution in [3.8, 4) is 27.7 Å². The number of ether oxygens (including phenoxy) is 1. The first-order valence-electron chi connectivity index (χ1n) is 11.1. The Balaban J connectivity index is 0.000000448. The molecule has 200 valence electrons. The minimum atomic E-state index is -5.08. The summed E-state index contributed by atoms with van der Waals surface area (Å²) in [5.41, 5.74) is 4.88. The normalized spacial score (nSPS) is 11.0. The highest BCUT2D eigenvalue weighted by atomic mass is 32.1. The number of hydrogen-bond donors (Lipinski definition) is 2. The fourth-order valence-electron chi connectivity index (χ4n) is 3.26. The van der Waals surface area contributed by atoms with E-state index in [0.29, 0.717) is 28.2 Å². The second-order valence-corrected chi connectivity index (χ2v) is 8.81. The quantitative estimate of drug-likeness (QED) is 0.261. The fourth-order valence-corrected chi connectivity index (χ4v) is 4.07. The van der Waals surface area contributed by atoms with Crippen LogP contribution >= 0.6 is 11.3 Å². The first kappa shape index (κ1) is 27.3. The number of carboxylic acids is 1. The van der Waals surface area contributed by atoms with Crippen molar-refractivity contribution in [2.45, 2.75) is 13.1 Å². The van der Waals surface area contributed by atoms with Crippen molar-refractivity contribution >= 4 is 39.9 Å². The number of alkyl halides is 3. The molecule has 0 aliphatic carbocycles. The molecule has 0 spiro atoms. The van der Waals surface area contributed by atoms with Crippen molar-refractivity contribution in [3.05, 3.63) is 77.4 Å². The van der Waals surface area contributed by atoms with Gasteiger partial charge in [-0.2, -0.15) is 13.2 Å². The highest BCUT2D eigenvalue weighted by molar-refractivity contribution is 7.13. The number of aromatic nitrogens is 3. The van der Waals surface area contributed by atoms with Crippen LogP contribution in [0.5, 0.6) is 5.75 Å². The van der Waals surface area contributed by atoms with Crippen molar-refractivity contribution < 1.29 is 37.1 Å². The van der Waals surface area contributed by atoms with Crippen LogP contribution in [0.1, 0.15) is 16.1 Å². The number of methoxy groups -OCH3 is 1. The third kappa shape index (κ3) is 6.57. The molecule has 0 atom stereocenters. The van der Waals surface area contributed by atoms with E-state index in [-0.39, 0.29) is 5.91 Å². The highest BCUT2D eigenvalue weighted by Gasteiger charge is 2.38. The molecule has 3 aromatic heterocycles. The Kier molecular flexibility index (Phi) is 7.91. The van der Waals surface area contributed by atoms with E-state index in [9.17, 15) is 18.0 Å². The maximum Gasteiger partial charge on any atom is 0.490 e. The molecule has 0 unspecified atom stereocenters. The average Bonchev–Trinajstić information content (AvgIpc) is 3.57. The standard InChI is InChI=1S/C24H18N4O3S.C2HF3O2/c1-14-3-7-17(12-25-14)26-23(29)16-6-10-21-19(11-16)22(28-31-21)20-13-32-24(27-20)15-4-8-18(30-2)9-5-15;3-2(4,5)1(6)7/h3-13H,1-2H3,(H,26,29);(H,6,7). The molecule has 5 rings (SSSR count). The molecule has 39 heavy (non-hydrogen) atoms. The maximum atomic E-state index is 12.7. The molecule has 0 fully saturated rings. The number of aliphatic carboxylic acids is 1. The van der Waals surface area contributed by atoms with Crippen molar-refractivity contribution in [3.63, 3.8) is 0 Å². The van der Waals surface area contributed by atoms with E-state index in [1.807, 2.05) is 48.7 Å². The van der Waals surface area contributed by atoms with Crippen LogP contribution in [0.3, 0.4) is 0 Å². The lowest BCUT2D eigenvalue weighted by Gasteiger charge is -2.05. The summed E-state index contributed by atoms with van der Waals surface area (Å²) in [5.74, 6) is -2.20. The van der Waals surface area contributed by atoms with Crippen LogP contribution < -0.4 is 10.1 Å². The van der Waals surface area contributed by atoms with E-state index < -0.39 is 12.1 Å². The van der Waals surface area contributed by atoms with Gasteiger partial charge in [0.05, 0.1) is 24.4 Å². The summed E-state index contributed by atoms with van der Waals surface area (Å²) in [7, 11) is 1.64. The molecular weight excluding hydrogens is 537 g/mol. The van der Waals surface area contributed by atoms with Crippen LogP contribution in [-0.4, -0.2) is 45.4 Å². The highest BCUT2D eigenvalue weighted by Crippen LogP contribution is 2.33. The van der Waals surface area contributed by atoms with E-state index >= 15 is 0 Å². The lowest BCUT2D eigenvalue weighted by Crippen LogP contribution is -2.21. The zero-order chi connectivity index (χ0) is 28.2. The Morgan fingerprint density at radius 3 is 2.41 bits per heavy atom. The number of carboxylic acid groups (broad SMARTS) is 1. The lowest BCUT2D eigenvalue weighted by atomic mass is 10.1. The van der Waals surface area contributed by atoms with Gasteiger partial charge in [-0.05, 0) is 61.5 Å². The molecule has 2 aromatic carbocycles. The van der Waals surface area contributed by atoms with Gasteiger partial charge in [0, 0.05) is 22.2 Å². The number of thiazole rings is 1. The molecule has 5 aromatic rings. The Morgan fingerprint density at radius 2 is 1.79 bits per heavy atom. The summed E-state index contributed by atoms with van der Waals surface area (Å²) >= 11 is 1.52. The number of nitrogens with one attached hydrogen (secondary N) is 1. The number of anilines is 1. The molecule has 2 N–H and O–H groups in total. The van der Waals surface area contributed by atoms with Crippen LogP contribution in [-0.2, 0) is 4.79 Å². The number of pyridine rings is 1. The number of hydrogen-bond acceptors (Lipinski definition) is 8. The number of carbonyl (C=O) groups excluding carboxylic acids is 1. The predicted octanol–water partition coefficient (Wildman–Crippen LogP) is 6.22.